The maximum atomic E-state index is 11.9. The van der Waals surface area contributed by atoms with Gasteiger partial charge < -0.3 is 12.6 Å². The summed E-state index contributed by atoms with van der Waals surface area (Å²) >= 11 is 3.70. The van der Waals surface area contributed by atoms with Crippen molar-refractivity contribution in [3.05, 3.63) is 218 Å². The van der Waals surface area contributed by atoms with Crippen LogP contribution in [0.2, 0.25) is 0 Å². The number of hydrogen-bond acceptors (Lipinski definition) is 3. The summed E-state index contributed by atoms with van der Waals surface area (Å²) in [5.41, 5.74) is 0. The fraction of sp³-hybridized carbons (Fsp3) is 0. The van der Waals surface area contributed by atoms with Crippen molar-refractivity contribution in [3.8, 4) is 5.40 Å². The Bertz CT molecular complexity index is 1960. The Balaban J connectivity index is 0.000000400. The predicted octanol–water partition coefficient (Wildman–Crippen LogP) is 8.99. The van der Waals surface area contributed by atoms with E-state index < -0.39 is 31.9 Å². The molecule has 0 aromatic heterocycles. The zero-order valence-corrected chi connectivity index (χ0v) is 32.4. The summed E-state index contributed by atoms with van der Waals surface area (Å²) in [5.74, 6) is -2.97. The first kappa shape index (κ1) is 40.2. The summed E-state index contributed by atoms with van der Waals surface area (Å²) in [6.45, 7) is 0. The topological polar surface area (TPSA) is 36.1 Å². The van der Waals surface area contributed by atoms with E-state index in [4.69, 9.17) is 9.78 Å². The number of halogens is 3. The predicted molar refractivity (Wildman–Crippen MR) is 211 cm³/mol. The zero-order valence-electron chi connectivity index (χ0n) is 27.6. The molecular weight excluding hydrogens is 892 g/mol. The van der Waals surface area contributed by atoms with Crippen LogP contribution in [0, 0.1) is 34.2 Å². The first-order valence-electron chi connectivity index (χ1n) is 15.9. The van der Waals surface area contributed by atoms with E-state index in [0.717, 1.165) is 0 Å². The summed E-state index contributed by atoms with van der Waals surface area (Å²) in [6, 6.07) is 68.4. The third kappa shape index (κ3) is 9.45. The SMILES string of the molecule is Fc1[c-]c(F)cc(F)c1.N#C[S-].[Au+].c1ccc(P(=N[P+](c2ccccc2)(c2ccccc2)c2ccccc2)(c2ccccc2)c2ccccc2)cc1. The van der Waals surface area contributed by atoms with Gasteiger partial charge in [0.2, 0.25) is 7.41 Å². The van der Waals surface area contributed by atoms with E-state index in [1.165, 1.54) is 37.2 Å². The third-order valence-electron chi connectivity index (χ3n) is 7.82. The van der Waals surface area contributed by atoms with Crippen LogP contribution in [0.3, 0.4) is 0 Å². The van der Waals surface area contributed by atoms with E-state index in [0.29, 0.717) is 12.1 Å². The molecule has 7 aromatic carbocycles. The molecule has 7 aromatic rings. The Morgan fingerprint density at radius 1 is 0.500 bits per heavy atom. The summed E-state index contributed by atoms with van der Waals surface area (Å²) in [6.07, 6.45) is 0. The summed E-state index contributed by atoms with van der Waals surface area (Å²) in [4.78, 5) is 0. The number of hydrogen-bond donors (Lipinski definition) is 0. The van der Waals surface area contributed by atoms with Crippen LogP contribution in [-0.4, -0.2) is 0 Å². The van der Waals surface area contributed by atoms with Crippen molar-refractivity contribution < 1.29 is 35.6 Å². The summed E-state index contributed by atoms with van der Waals surface area (Å²) < 4.78 is 42.1. The van der Waals surface area contributed by atoms with Crippen molar-refractivity contribution >= 4 is 58.9 Å². The zero-order chi connectivity index (χ0) is 35.9. The van der Waals surface area contributed by atoms with Crippen LogP contribution in [-0.2, 0) is 35.0 Å². The van der Waals surface area contributed by atoms with E-state index >= 15 is 0 Å². The number of rotatable bonds is 7. The molecule has 0 bridgehead atoms. The van der Waals surface area contributed by atoms with Gasteiger partial charge in [-0.25, -0.2) is 18.4 Å². The Kier molecular flexibility index (Phi) is 15.4. The molecule has 0 heterocycles. The number of nitrogens with zero attached hydrogens (tertiary/aromatic N) is 2. The molecule has 0 amide bonds. The molecule has 0 aliphatic carbocycles. The fourth-order valence-electron chi connectivity index (χ4n) is 5.74. The second-order valence-corrected chi connectivity index (χ2v) is 17.5. The van der Waals surface area contributed by atoms with Crippen molar-refractivity contribution in [1.29, 1.82) is 5.26 Å². The van der Waals surface area contributed by atoms with E-state index in [9.17, 15) is 13.2 Å². The average Bonchev–Trinajstić information content (AvgIpc) is 3.18. The van der Waals surface area contributed by atoms with Gasteiger partial charge in [-0.15, -0.1) is 22.7 Å². The van der Waals surface area contributed by atoms with Gasteiger partial charge in [0, 0.05) is 33.4 Å². The minimum Gasteiger partial charge on any atom is -0.696 e. The van der Waals surface area contributed by atoms with Gasteiger partial charge in [0.1, 0.15) is 23.0 Å². The molecule has 2 nitrogen and oxygen atoms in total. The maximum absolute atomic E-state index is 11.9. The van der Waals surface area contributed by atoms with Crippen LogP contribution in [0.15, 0.2) is 199 Å². The molecule has 0 saturated heterocycles. The Labute approximate surface area is 325 Å². The molecule has 0 N–H and O–H groups in total. The molecular formula is C43H32AuF3N2P2S. The van der Waals surface area contributed by atoms with Crippen LogP contribution in [0.1, 0.15) is 0 Å². The van der Waals surface area contributed by atoms with Gasteiger partial charge >= 0.3 is 22.4 Å². The van der Waals surface area contributed by atoms with Crippen LogP contribution >= 0.6 is 14.5 Å². The average molecular weight is 925 g/mol. The van der Waals surface area contributed by atoms with Crippen molar-refractivity contribution in [3.63, 3.8) is 0 Å². The van der Waals surface area contributed by atoms with Crippen molar-refractivity contribution in [1.82, 2.24) is 0 Å². The molecule has 262 valence electrons. The number of benzene rings is 7. The second-order valence-electron chi connectivity index (χ2n) is 11.0. The van der Waals surface area contributed by atoms with E-state index in [1.54, 1.807) is 6.07 Å². The quantitative estimate of drug-likeness (QED) is 0.0527. The molecule has 7 rings (SSSR count). The van der Waals surface area contributed by atoms with E-state index in [1.807, 2.05) is 0 Å². The normalized spacial score (nSPS) is 10.5. The minimum atomic E-state index is -2.50. The third-order valence-corrected chi connectivity index (χ3v) is 16.2. The monoisotopic (exact) mass is 924 g/mol. The minimum absolute atomic E-state index is 0. The first-order valence-corrected chi connectivity index (χ1v) is 19.7. The molecule has 0 spiro atoms. The van der Waals surface area contributed by atoms with Gasteiger partial charge in [-0.3, -0.25) is 0 Å². The van der Waals surface area contributed by atoms with Gasteiger partial charge in [-0.2, -0.15) is 0 Å². The molecule has 0 saturated carbocycles. The van der Waals surface area contributed by atoms with Crippen molar-refractivity contribution in [2.75, 3.05) is 0 Å². The molecule has 0 aliphatic rings. The van der Waals surface area contributed by atoms with Crippen LogP contribution < -0.4 is 31.8 Å². The number of thiocyanates is 1. The van der Waals surface area contributed by atoms with Gasteiger partial charge in [-0.05, 0) is 36.4 Å². The van der Waals surface area contributed by atoms with E-state index in [2.05, 4.69) is 195 Å². The van der Waals surface area contributed by atoms with Gasteiger partial charge in [-0.1, -0.05) is 151 Å². The van der Waals surface area contributed by atoms with E-state index in [-0.39, 0.29) is 22.4 Å². The molecule has 0 fully saturated rings. The van der Waals surface area contributed by atoms with Crippen molar-refractivity contribution in [2.24, 2.45) is 4.52 Å². The Hall–Kier alpha value is -4.56. The maximum Gasteiger partial charge on any atom is 1.00 e. The largest absolute Gasteiger partial charge is 1.00 e. The molecule has 52 heavy (non-hydrogen) atoms. The Morgan fingerprint density at radius 2 is 0.750 bits per heavy atom. The molecule has 0 unspecified atom stereocenters. The standard InChI is InChI=1S/C36H30NP2.C6H2F3.CHNS.Au/c1-7-19-31(20-8-1)38(32-21-9-2-10-22-32,33-23-11-3-12-24-33)37-39(34-25-13-4-14-26-34,35-27-15-5-16-28-35)36-29-17-6-18-30-36;7-4-1-5(8)3-6(9)2-4;2-1-3;/h1-30H;1-2H;3H;/q+1;-1;;+1/p-1. The summed E-state index contributed by atoms with van der Waals surface area (Å²) in [5, 5.41) is 16.0. The van der Waals surface area contributed by atoms with Crippen LogP contribution in [0.4, 0.5) is 13.2 Å². The van der Waals surface area contributed by atoms with Gasteiger partial charge in [0.15, 0.2) is 0 Å². The van der Waals surface area contributed by atoms with Gasteiger partial charge in [0.05, 0.1) is 0 Å². The molecule has 0 aliphatic heterocycles. The number of nitriles is 1. The Morgan fingerprint density at radius 3 is 1.00 bits per heavy atom. The van der Waals surface area contributed by atoms with Crippen molar-refractivity contribution in [2.45, 2.75) is 0 Å². The van der Waals surface area contributed by atoms with Gasteiger partial charge in [0.25, 0.3) is 0 Å². The van der Waals surface area contributed by atoms with Crippen LogP contribution in [0.25, 0.3) is 0 Å². The molecule has 0 radical (unpaired) electrons. The van der Waals surface area contributed by atoms with Crippen LogP contribution in [0.5, 0.6) is 0 Å². The fourth-order valence-corrected chi connectivity index (χ4v) is 15.2. The molecule has 0 atom stereocenters. The molecule has 9 heteroatoms. The second kappa shape index (κ2) is 19.9. The first-order chi connectivity index (χ1) is 24.9. The summed E-state index contributed by atoms with van der Waals surface area (Å²) in [7, 11) is -4.99. The smallest absolute Gasteiger partial charge is 0.696 e.